The molecule has 4 heteroatoms. The molecule has 0 aromatic rings. The van der Waals surface area contributed by atoms with E-state index in [0.29, 0.717) is 18.9 Å². The molecule has 1 rings (SSSR count). The Morgan fingerprint density at radius 3 is 2.43 bits per heavy atom. The van der Waals surface area contributed by atoms with E-state index in [1.54, 1.807) is 0 Å². The zero-order chi connectivity index (χ0) is 15.7. The minimum atomic E-state index is -0.760. The Hall–Kier alpha value is -1.06. The number of carbonyl (C=O) groups is 2. The highest BCUT2D eigenvalue weighted by Gasteiger charge is 2.26. The zero-order valence-electron chi connectivity index (χ0n) is 13.6. The van der Waals surface area contributed by atoms with Crippen molar-refractivity contribution in [2.75, 3.05) is 0 Å². The third-order valence-corrected chi connectivity index (χ3v) is 4.60. The van der Waals surface area contributed by atoms with Gasteiger partial charge in [0, 0.05) is 12.5 Å². The Morgan fingerprint density at radius 2 is 1.86 bits per heavy atom. The third-order valence-electron chi connectivity index (χ3n) is 4.60. The third kappa shape index (κ3) is 6.96. The fraction of sp³-hybridized carbons (Fsp3) is 0.882. The molecule has 0 spiro atoms. The van der Waals surface area contributed by atoms with Gasteiger partial charge >= 0.3 is 5.97 Å². The molecule has 1 fully saturated rings. The summed E-state index contributed by atoms with van der Waals surface area (Å²) in [5, 5.41) is 12.4. The lowest BCUT2D eigenvalue weighted by atomic mass is 9.86. The van der Waals surface area contributed by atoms with Crippen LogP contribution in [0.5, 0.6) is 0 Å². The van der Waals surface area contributed by atoms with Gasteiger partial charge in [0.1, 0.15) is 0 Å². The molecule has 1 amide bonds. The average molecular weight is 297 g/mol. The lowest BCUT2D eigenvalue weighted by Crippen LogP contribution is -2.38. The van der Waals surface area contributed by atoms with Crippen molar-refractivity contribution in [3.8, 4) is 0 Å². The SMILES string of the molecule is CCCCC[C@H](C(=O)O)[C@@H](C)CC(=O)NC1CCCCC1. The van der Waals surface area contributed by atoms with Gasteiger partial charge in [-0.05, 0) is 25.2 Å². The Bertz CT molecular complexity index is 324. The predicted octanol–water partition coefficient (Wildman–Crippen LogP) is 3.74. The molecule has 0 radical (unpaired) electrons. The molecule has 0 saturated heterocycles. The van der Waals surface area contributed by atoms with Gasteiger partial charge in [-0.3, -0.25) is 9.59 Å². The maximum atomic E-state index is 12.1. The van der Waals surface area contributed by atoms with Crippen LogP contribution in [-0.4, -0.2) is 23.0 Å². The summed E-state index contributed by atoms with van der Waals surface area (Å²) < 4.78 is 0. The van der Waals surface area contributed by atoms with Gasteiger partial charge < -0.3 is 10.4 Å². The van der Waals surface area contributed by atoms with Crippen molar-refractivity contribution in [2.24, 2.45) is 11.8 Å². The zero-order valence-corrected chi connectivity index (χ0v) is 13.6. The second-order valence-electron chi connectivity index (χ2n) is 6.52. The number of rotatable bonds is 9. The van der Waals surface area contributed by atoms with Crippen LogP contribution in [0.3, 0.4) is 0 Å². The molecule has 2 N–H and O–H groups in total. The molecule has 21 heavy (non-hydrogen) atoms. The van der Waals surface area contributed by atoms with E-state index in [0.717, 1.165) is 32.1 Å². The van der Waals surface area contributed by atoms with Gasteiger partial charge in [-0.1, -0.05) is 52.4 Å². The summed E-state index contributed by atoms with van der Waals surface area (Å²) in [6.45, 7) is 4.00. The summed E-state index contributed by atoms with van der Waals surface area (Å²) in [4.78, 5) is 23.4. The minimum Gasteiger partial charge on any atom is -0.481 e. The normalized spacial score (nSPS) is 19.0. The Balaban J connectivity index is 2.37. The number of amides is 1. The number of aliphatic carboxylic acids is 1. The molecule has 2 atom stereocenters. The largest absolute Gasteiger partial charge is 0.481 e. The highest BCUT2D eigenvalue weighted by Crippen LogP contribution is 2.23. The fourth-order valence-electron chi connectivity index (χ4n) is 3.23. The van der Waals surface area contributed by atoms with Crippen molar-refractivity contribution in [3.05, 3.63) is 0 Å². The molecule has 1 saturated carbocycles. The van der Waals surface area contributed by atoms with E-state index in [1.165, 1.54) is 19.3 Å². The van der Waals surface area contributed by atoms with E-state index in [9.17, 15) is 14.7 Å². The van der Waals surface area contributed by atoms with Crippen LogP contribution in [-0.2, 0) is 9.59 Å². The number of carbonyl (C=O) groups excluding carboxylic acids is 1. The number of hydrogen-bond acceptors (Lipinski definition) is 2. The highest BCUT2D eigenvalue weighted by molar-refractivity contribution is 5.78. The quantitative estimate of drug-likeness (QED) is 0.637. The van der Waals surface area contributed by atoms with Crippen molar-refractivity contribution in [2.45, 2.75) is 84.1 Å². The smallest absolute Gasteiger partial charge is 0.306 e. The Kier molecular flexibility index (Phi) is 8.40. The second-order valence-corrected chi connectivity index (χ2v) is 6.52. The van der Waals surface area contributed by atoms with Gasteiger partial charge in [-0.15, -0.1) is 0 Å². The second kappa shape index (κ2) is 9.80. The lowest BCUT2D eigenvalue weighted by molar-refractivity contribution is -0.144. The molecular weight excluding hydrogens is 266 g/mol. The van der Waals surface area contributed by atoms with Crippen LogP contribution in [0.2, 0.25) is 0 Å². The molecule has 0 aromatic carbocycles. The number of carboxylic acid groups (broad SMARTS) is 1. The van der Waals surface area contributed by atoms with Gasteiger partial charge in [0.2, 0.25) is 5.91 Å². The van der Waals surface area contributed by atoms with Crippen molar-refractivity contribution in [3.63, 3.8) is 0 Å². The summed E-state index contributed by atoms with van der Waals surface area (Å²) in [6.07, 6.45) is 9.88. The molecule has 0 bridgehead atoms. The van der Waals surface area contributed by atoms with Gasteiger partial charge in [0.15, 0.2) is 0 Å². The van der Waals surface area contributed by atoms with E-state index in [1.807, 2.05) is 6.92 Å². The minimum absolute atomic E-state index is 0.0242. The predicted molar refractivity (Wildman–Crippen MR) is 84.1 cm³/mol. The van der Waals surface area contributed by atoms with Crippen molar-refractivity contribution in [1.29, 1.82) is 0 Å². The molecular formula is C17H31NO3. The number of hydrogen-bond donors (Lipinski definition) is 2. The molecule has 0 heterocycles. The van der Waals surface area contributed by atoms with Gasteiger partial charge in [0.25, 0.3) is 0 Å². The topological polar surface area (TPSA) is 66.4 Å². The standard InChI is InChI=1S/C17H31NO3/c1-3-4-6-11-15(17(20)21)13(2)12-16(19)18-14-9-7-5-8-10-14/h13-15H,3-12H2,1-2H3,(H,18,19)(H,20,21)/t13-,15-/m0/s1. The monoisotopic (exact) mass is 297 g/mol. The summed E-state index contributed by atoms with van der Waals surface area (Å²) in [5.41, 5.74) is 0. The first kappa shape index (κ1) is 18.0. The number of nitrogens with one attached hydrogen (secondary N) is 1. The average Bonchev–Trinajstić information content (AvgIpc) is 2.44. The Labute approximate surface area is 128 Å². The maximum Gasteiger partial charge on any atom is 0.306 e. The summed E-state index contributed by atoms with van der Waals surface area (Å²) in [7, 11) is 0. The van der Waals surface area contributed by atoms with Crippen LogP contribution in [0, 0.1) is 11.8 Å². The first-order chi connectivity index (χ1) is 10.0. The Morgan fingerprint density at radius 1 is 1.19 bits per heavy atom. The number of unbranched alkanes of at least 4 members (excludes halogenated alkanes) is 2. The van der Waals surface area contributed by atoms with Crippen LogP contribution in [0.1, 0.15) is 78.1 Å². The van der Waals surface area contributed by atoms with Crippen molar-refractivity contribution >= 4 is 11.9 Å². The van der Waals surface area contributed by atoms with E-state index < -0.39 is 11.9 Å². The number of carboxylic acids is 1. The molecule has 0 aromatic heterocycles. The summed E-state index contributed by atoms with van der Waals surface area (Å²) in [6, 6.07) is 0.307. The summed E-state index contributed by atoms with van der Waals surface area (Å²) in [5.74, 6) is -1.23. The van der Waals surface area contributed by atoms with Gasteiger partial charge in [0.05, 0.1) is 5.92 Å². The first-order valence-corrected chi connectivity index (χ1v) is 8.56. The first-order valence-electron chi connectivity index (χ1n) is 8.56. The molecule has 4 nitrogen and oxygen atoms in total. The fourth-order valence-corrected chi connectivity index (χ4v) is 3.23. The van der Waals surface area contributed by atoms with Crippen LogP contribution in [0.25, 0.3) is 0 Å². The van der Waals surface area contributed by atoms with E-state index in [2.05, 4.69) is 12.2 Å². The van der Waals surface area contributed by atoms with Crippen LogP contribution < -0.4 is 5.32 Å². The molecule has 1 aliphatic carbocycles. The van der Waals surface area contributed by atoms with Gasteiger partial charge in [-0.2, -0.15) is 0 Å². The van der Waals surface area contributed by atoms with Gasteiger partial charge in [-0.25, -0.2) is 0 Å². The van der Waals surface area contributed by atoms with E-state index in [4.69, 9.17) is 0 Å². The van der Waals surface area contributed by atoms with Crippen LogP contribution in [0.15, 0.2) is 0 Å². The molecule has 122 valence electrons. The van der Waals surface area contributed by atoms with Crippen LogP contribution in [0.4, 0.5) is 0 Å². The molecule has 1 aliphatic rings. The van der Waals surface area contributed by atoms with Crippen LogP contribution >= 0.6 is 0 Å². The van der Waals surface area contributed by atoms with E-state index >= 15 is 0 Å². The summed E-state index contributed by atoms with van der Waals surface area (Å²) >= 11 is 0. The molecule has 0 aliphatic heterocycles. The van der Waals surface area contributed by atoms with E-state index in [-0.39, 0.29) is 11.8 Å². The van der Waals surface area contributed by atoms with Crippen molar-refractivity contribution < 1.29 is 14.7 Å². The maximum absolute atomic E-state index is 12.1. The molecule has 0 unspecified atom stereocenters. The lowest BCUT2D eigenvalue weighted by Gasteiger charge is -2.25. The van der Waals surface area contributed by atoms with Crippen molar-refractivity contribution in [1.82, 2.24) is 5.32 Å². The highest BCUT2D eigenvalue weighted by atomic mass is 16.4.